The fraction of sp³-hybridized carbons (Fsp3) is 0.0417. The molecule has 1 N–H and O–H groups in total. The number of hydrogen-bond donors (Lipinski definition) is 1. The van der Waals surface area contributed by atoms with Crippen molar-refractivity contribution in [2.45, 2.75) is 6.92 Å². The van der Waals surface area contributed by atoms with E-state index in [-0.39, 0.29) is 5.57 Å². The van der Waals surface area contributed by atoms with Gasteiger partial charge in [-0.05, 0) is 54.5 Å². The van der Waals surface area contributed by atoms with Gasteiger partial charge in [-0.1, -0.05) is 48.5 Å². The average molecular weight is 382 g/mol. The van der Waals surface area contributed by atoms with Crippen LogP contribution in [0.4, 0.5) is 5.69 Å². The van der Waals surface area contributed by atoms with Crippen LogP contribution < -0.4 is 10.1 Å². The summed E-state index contributed by atoms with van der Waals surface area (Å²) in [5.74, 6) is -0.565. The Morgan fingerprint density at radius 3 is 2.24 bits per heavy atom. The summed E-state index contributed by atoms with van der Waals surface area (Å²) in [6.07, 6.45) is 1.48. The molecule has 5 heteroatoms. The average Bonchev–Trinajstić information content (AvgIpc) is 2.75. The number of aryl methyl sites for hydroxylation is 1. The number of carbonyl (C=O) groups excluding carboxylic acids is 2. The lowest BCUT2D eigenvalue weighted by Gasteiger charge is -2.07. The fourth-order valence-electron chi connectivity index (χ4n) is 2.59. The maximum atomic E-state index is 12.4. The number of benzene rings is 3. The second-order valence-corrected chi connectivity index (χ2v) is 6.26. The van der Waals surface area contributed by atoms with Crippen molar-refractivity contribution >= 4 is 23.6 Å². The first-order valence-electron chi connectivity index (χ1n) is 8.93. The molecule has 0 aliphatic carbocycles. The molecule has 0 heterocycles. The molecule has 142 valence electrons. The molecule has 0 atom stereocenters. The van der Waals surface area contributed by atoms with Crippen molar-refractivity contribution in [2.75, 3.05) is 5.32 Å². The largest absolute Gasteiger partial charge is 0.423 e. The zero-order chi connectivity index (χ0) is 20.6. The maximum absolute atomic E-state index is 12.4. The van der Waals surface area contributed by atoms with Gasteiger partial charge in [-0.25, -0.2) is 4.79 Å². The van der Waals surface area contributed by atoms with Gasteiger partial charge in [0.1, 0.15) is 17.4 Å². The van der Waals surface area contributed by atoms with E-state index in [1.807, 2.05) is 37.3 Å². The van der Waals surface area contributed by atoms with Crippen LogP contribution in [0.25, 0.3) is 6.08 Å². The molecular formula is C24H18N2O3. The highest BCUT2D eigenvalue weighted by atomic mass is 16.5. The molecule has 0 bridgehead atoms. The number of amides is 1. The minimum absolute atomic E-state index is 0.0257. The van der Waals surface area contributed by atoms with E-state index in [4.69, 9.17) is 4.74 Å². The molecule has 0 unspecified atom stereocenters. The predicted molar refractivity (Wildman–Crippen MR) is 111 cm³/mol. The number of anilines is 1. The van der Waals surface area contributed by atoms with Gasteiger partial charge in [-0.15, -0.1) is 0 Å². The first-order chi connectivity index (χ1) is 14.1. The summed E-state index contributed by atoms with van der Waals surface area (Å²) < 4.78 is 5.32. The molecule has 1 amide bonds. The Bertz CT molecular complexity index is 1090. The van der Waals surface area contributed by atoms with Crippen LogP contribution in [0.15, 0.2) is 84.4 Å². The van der Waals surface area contributed by atoms with Gasteiger partial charge in [0.05, 0.1) is 5.56 Å². The van der Waals surface area contributed by atoms with Gasteiger partial charge in [0.15, 0.2) is 0 Å². The molecule has 5 nitrogen and oxygen atoms in total. The second kappa shape index (κ2) is 9.16. The van der Waals surface area contributed by atoms with E-state index >= 15 is 0 Å². The number of carbonyl (C=O) groups is 2. The second-order valence-electron chi connectivity index (χ2n) is 6.26. The van der Waals surface area contributed by atoms with Gasteiger partial charge in [-0.2, -0.15) is 5.26 Å². The van der Waals surface area contributed by atoms with Gasteiger partial charge in [0.25, 0.3) is 5.91 Å². The highest BCUT2D eigenvalue weighted by molar-refractivity contribution is 6.09. The number of nitrogens with one attached hydrogen (secondary N) is 1. The Hall–Kier alpha value is -4.17. The normalized spacial score (nSPS) is 10.7. The molecule has 0 fully saturated rings. The molecular weight excluding hydrogens is 364 g/mol. The van der Waals surface area contributed by atoms with E-state index < -0.39 is 11.9 Å². The van der Waals surface area contributed by atoms with Gasteiger partial charge in [0, 0.05) is 5.69 Å². The molecule has 3 rings (SSSR count). The molecule has 3 aromatic carbocycles. The summed E-state index contributed by atoms with van der Waals surface area (Å²) in [5.41, 5.74) is 2.63. The number of ether oxygens (including phenoxy) is 1. The van der Waals surface area contributed by atoms with Gasteiger partial charge in [0.2, 0.25) is 0 Å². The molecule has 0 aliphatic heterocycles. The van der Waals surface area contributed by atoms with Crippen molar-refractivity contribution in [1.82, 2.24) is 0 Å². The van der Waals surface area contributed by atoms with Gasteiger partial charge in [-0.3, -0.25) is 4.79 Å². The lowest BCUT2D eigenvalue weighted by molar-refractivity contribution is -0.112. The molecule has 0 saturated carbocycles. The Labute approximate surface area is 168 Å². The quantitative estimate of drug-likeness (QED) is 0.299. The monoisotopic (exact) mass is 382 g/mol. The van der Waals surface area contributed by atoms with Crippen LogP contribution in [-0.4, -0.2) is 11.9 Å². The zero-order valence-corrected chi connectivity index (χ0v) is 15.8. The van der Waals surface area contributed by atoms with Crippen LogP contribution in [0, 0.1) is 18.3 Å². The lowest BCUT2D eigenvalue weighted by Crippen LogP contribution is -2.14. The number of hydrogen-bond acceptors (Lipinski definition) is 4. The molecule has 0 radical (unpaired) electrons. The Balaban J connectivity index is 1.70. The number of para-hydroxylation sites is 1. The van der Waals surface area contributed by atoms with Crippen LogP contribution in [0.3, 0.4) is 0 Å². The summed E-state index contributed by atoms with van der Waals surface area (Å²) >= 11 is 0. The topological polar surface area (TPSA) is 79.2 Å². The minimum Gasteiger partial charge on any atom is -0.423 e. The third-order valence-electron chi connectivity index (χ3n) is 4.17. The molecule has 0 aliphatic rings. The Kier molecular flexibility index (Phi) is 6.18. The highest BCUT2D eigenvalue weighted by Crippen LogP contribution is 2.18. The first-order valence-corrected chi connectivity index (χ1v) is 8.93. The summed E-state index contributed by atoms with van der Waals surface area (Å²) in [6, 6.07) is 24.5. The molecule has 0 aromatic heterocycles. The predicted octanol–water partition coefficient (Wildman–Crippen LogP) is 4.76. The number of esters is 1. The zero-order valence-electron chi connectivity index (χ0n) is 15.8. The van der Waals surface area contributed by atoms with E-state index in [1.54, 1.807) is 54.6 Å². The van der Waals surface area contributed by atoms with Crippen molar-refractivity contribution in [3.8, 4) is 11.8 Å². The van der Waals surface area contributed by atoms with Gasteiger partial charge >= 0.3 is 5.97 Å². The van der Waals surface area contributed by atoms with E-state index in [0.29, 0.717) is 22.6 Å². The van der Waals surface area contributed by atoms with Crippen LogP contribution in [0.1, 0.15) is 21.5 Å². The SMILES string of the molecule is Cc1ccccc1NC(=O)C(C#N)=Cc1ccc(OC(=O)c2ccccc2)cc1. The van der Waals surface area contributed by atoms with Crippen molar-refractivity contribution in [2.24, 2.45) is 0 Å². The van der Waals surface area contributed by atoms with E-state index in [9.17, 15) is 14.9 Å². The van der Waals surface area contributed by atoms with Crippen molar-refractivity contribution in [3.05, 3.63) is 101 Å². The van der Waals surface area contributed by atoms with E-state index in [2.05, 4.69) is 5.32 Å². The third-order valence-corrected chi connectivity index (χ3v) is 4.17. The van der Waals surface area contributed by atoms with E-state index in [0.717, 1.165) is 5.56 Å². The van der Waals surface area contributed by atoms with Crippen LogP contribution in [-0.2, 0) is 4.79 Å². The summed E-state index contributed by atoms with van der Waals surface area (Å²) in [6.45, 7) is 1.88. The first kappa shape index (κ1) is 19.6. The Morgan fingerprint density at radius 2 is 1.59 bits per heavy atom. The molecule has 3 aromatic rings. The maximum Gasteiger partial charge on any atom is 0.343 e. The number of rotatable bonds is 5. The van der Waals surface area contributed by atoms with Gasteiger partial charge < -0.3 is 10.1 Å². The summed E-state index contributed by atoms with van der Waals surface area (Å²) in [4.78, 5) is 24.5. The van der Waals surface area contributed by atoms with Crippen molar-refractivity contribution in [1.29, 1.82) is 5.26 Å². The third kappa shape index (κ3) is 5.18. The van der Waals surface area contributed by atoms with E-state index in [1.165, 1.54) is 6.08 Å². The summed E-state index contributed by atoms with van der Waals surface area (Å²) in [5, 5.41) is 12.1. The van der Waals surface area contributed by atoms with Crippen molar-refractivity contribution in [3.63, 3.8) is 0 Å². The van der Waals surface area contributed by atoms with Crippen LogP contribution in [0.2, 0.25) is 0 Å². The minimum atomic E-state index is -0.485. The molecule has 0 spiro atoms. The molecule has 29 heavy (non-hydrogen) atoms. The lowest BCUT2D eigenvalue weighted by atomic mass is 10.1. The fourth-order valence-corrected chi connectivity index (χ4v) is 2.59. The van der Waals surface area contributed by atoms with Crippen molar-refractivity contribution < 1.29 is 14.3 Å². The standard InChI is InChI=1S/C24H18N2O3/c1-17-7-5-6-10-22(17)26-23(27)20(16-25)15-18-11-13-21(14-12-18)29-24(28)19-8-3-2-4-9-19/h2-15H,1H3,(H,26,27). The smallest absolute Gasteiger partial charge is 0.343 e. The number of nitriles is 1. The molecule has 0 saturated heterocycles. The van der Waals surface area contributed by atoms with Crippen LogP contribution in [0.5, 0.6) is 5.75 Å². The van der Waals surface area contributed by atoms with Crippen LogP contribution >= 0.6 is 0 Å². The summed E-state index contributed by atoms with van der Waals surface area (Å²) in [7, 11) is 0. The number of nitrogens with zero attached hydrogens (tertiary/aromatic N) is 1. The highest BCUT2D eigenvalue weighted by Gasteiger charge is 2.11. The Morgan fingerprint density at radius 1 is 0.931 bits per heavy atom.